The van der Waals surface area contributed by atoms with Crippen molar-refractivity contribution >= 4 is 44.0 Å². The quantitative estimate of drug-likeness (QED) is 0.383. The summed E-state index contributed by atoms with van der Waals surface area (Å²) in [6, 6.07) is 13.4. The van der Waals surface area contributed by atoms with Crippen molar-refractivity contribution in [2.75, 3.05) is 25.5 Å². The van der Waals surface area contributed by atoms with Gasteiger partial charge in [0.1, 0.15) is 17.7 Å². The molecule has 1 aliphatic heterocycles. The van der Waals surface area contributed by atoms with Gasteiger partial charge in [0.2, 0.25) is 15.9 Å². The van der Waals surface area contributed by atoms with Gasteiger partial charge in [-0.25, -0.2) is 17.8 Å². The van der Waals surface area contributed by atoms with Crippen LogP contribution in [-0.4, -0.2) is 55.5 Å². The summed E-state index contributed by atoms with van der Waals surface area (Å²) in [6.07, 6.45) is 3.62. The first-order valence-electron chi connectivity index (χ1n) is 11.6. The van der Waals surface area contributed by atoms with Crippen LogP contribution in [0.1, 0.15) is 12.2 Å². The van der Waals surface area contributed by atoms with Gasteiger partial charge in [0, 0.05) is 35.7 Å². The average Bonchev–Trinajstić information content (AvgIpc) is 3.44. The number of hydrogen-bond donors (Lipinski definition) is 1. The number of imidazole rings is 1. The molecule has 11 heteroatoms. The third-order valence-corrected chi connectivity index (χ3v) is 7.97. The lowest BCUT2D eigenvalue weighted by Gasteiger charge is -2.19. The van der Waals surface area contributed by atoms with Crippen molar-refractivity contribution in [2.45, 2.75) is 23.9 Å². The number of fused-ring (bicyclic) bond motifs is 1. The standard InChI is InChI=1S/C26H25ClFN5O3S/c1-31(2)16-25-29-10-12-32(25)20-6-8-24(22(28)15-20)33-11-9-23(26(33)34)30-37(35,36)21-7-4-17-13-19(27)5-3-18(17)14-21/h3-8,10,12-15,23,30H,9,11,16H2,1-2H3/t23-/m0/s1. The molecule has 192 valence electrons. The van der Waals surface area contributed by atoms with Crippen molar-refractivity contribution in [3.8, 4) is 5.69 Å². The maximum atomic E-state index is 15.2. The molecule has 1 N–H and O–H groups in total. The van der Waals surface area contributed by atoms with Gasteiger partial charge >= 0.3 is 0 Å². The Balaban J connectivity index is 1.34. The Hall–Kier alpha value is -3.31. The number of carbonyl (C=O) groups excluding carboxylic acids is 1. The van der Waals surface area contributed by atoms with Gasteiger partial charge in [0.05, 0.1) is 17.1 Å². The fourth-order valence-corrected chi connectivity index (χ4v) is 5.92. The molecule has 0 unspecified atom stereocenters. The Bertz CT molecular complexity index is 1610. The van der Waals surface area contributed by atoms with Gasteiger partial charge in [0.15, 0.2) is 0 Å². The van der Waals surface area contributed by atoms with Crippen molar-refractivity contribution in [2.24, 2.45) is 0 Å². The molecule has 2 heterocycles. The zero-order chi connectivity index (χ0) is 26.3. The van der Waals surface area contributed by atoms with Gasteiger partial charge in [-0.2, -0.15) is 4.72 Å². The molecule has 0 spiro atoms. The molecular weight excluding hydrogens is 517 g/mol. The van der Waals surface area contributed by atoms with E-state index in [1.807, 2.05) is 19.0 Å². The van der Waals surface area contributed by atoms with E-state index in [0.717, 1.165) is 11.2 Å². The minimum absolute atomic E-state index is 0.0398. The molecule has 1 aromatic heterocycles. The minimum Gasteiger partial charge on any atom is -0.308 e. The molecule has 5 rings (SSSR count). The van der Waals surface area contributed by atoms with Crippen LogP contribution < -0.4 is 9.62 Å². The summed E-state index contributed by atoms with van der Waals surface area (Å²) < 4.78 is 45.5. The van der Waals surface area contributed by atoms with Gasteiger partial charge in [-0.3, -0.25) is 4.79 Å². The van der Waals surface area contributed by atoms with Gasteiger partial charge in [-0.05, 0) is 67.7 Å². The number of hydrogen-bond acceptors (Lipinski definition) is 5. The van der Waals surface area contributed by atoms with E-state index in [2.05, 4.69) is 9.71 Å². The summed E-state index contributed by atoms with van der Waals surface area (Å²) in [5, 5.41) is 2.07. The second kappa shape index (κ2) is 9.86. The smallest absolute Gasteiger partial charge is 0.245 e. The number of sulfonamides is 1. The monoisotopic (exact) mass is 541 g/mol. The third-order valence-electron chi connectivity index (χ3n) is 6.26. The largest absolute Gasteiger partial charge is 0.308 e. The molecule has 1 aliphatic rings. The van der Waals surface area contributed by atoms with E-state index in [9.17, 15) is 13.2 Å². The first-order chi connectivity index (χ1) is 17.6. The predicted octanol–water partition coefficient (Wildman–Crippen LogP) is 3.96. The Morgan fingerprint density at radius 2 is 1.86 bits per heavy atom. The number of nitrogens with one attached hydrogen (secondary N) is 1. The van der Waals surface area contributed by atoms with Crippen molar-refractivity contribution in [3.05, 3.63) is 83.7 Å². The fraction of sp³-hybridized carbons (Fsp3) is 0.231. The van der Waals surface area contributed by atoms with Crippen LogP contribution in [0.15, 0.2) is 71.9 Å². The topological polar surface area (TPSA) is 87.5 Å². The number of carbonyl (C=O) groups is 1. The van der Waals surface area contributed by atoms with Gasteiger partial charge in [0.25, 0.3) is 0 Å². The molecule has 0 aliphatic carbocycles. The number of benzene rings is 3. The van der Waals surface area contributed by atoms with Gasteiger partial charge in [-0.1, -0.05) is 23.7 Å². The van der Waals surface area contributed by atoms with Gasteiger partial charge in [-0.15, -0.1) is 0 Å². The molecule has 4 aromatic rings. The fourth-order valence-electron chi connectivity index (χ4n) is 4.48. The van der Waals surface area contributed by atoms with E-state index < -0.39 is 27.8 Å². The van der Waals surface area contributed by atoms with Crippen molar-refractivity contribution < 1.29 is 17.6 Å². The Labute approximate surface area is 219 Å². The Kier molecular flexibility index (Phi) is 6.76. The van der Waals surface area contributed by atoms with E-state index in [1.54, 1.807) is 47.3 Å². The number of rotatable bonds is 7. The first kappa shape index (κ1) is 25.3. The highest BCUT2D eigenvalue weighted by molar-refractivity contribution is 7.89. The molecule has 3 aromatic carbocycles. The molecule has 0 saturated carbocycles. The lowest BCUT2D eigenvalue weighted by Crippen LogP contribution is -2.41. The SMILES string of the molecule is CN(C)Cc1nccn1-c1ccc(N2CC[C@H](NS(=O)(=O)c3ccc4cc(Cl)ccc4c3)C2=O)c(F)c1. The van der Waals surface area contributed by atoms with Crippen LogP contribution >= 0.6 is 11.6 Å². The molecule has 0 radical (unpaired) electrons. The maximum Gasteiger partial charge on any atom is 0.245 e. The highest BCUT2D eigenvalue weighted by Crippen LogP contribution is 2.28. The van der Waals surface area contributed by atoms with Gasteiger partial charge < -0.3 is 14.4 Å². The average molecular weight is 542 g/mol. The van der Waals surface area contributed by atoms with Crippen molar-refractivity contribution in [3.63, 3.8) is 0 Å². The summed E-state index contributed by atoms with van der Waals surface area (Å²) in [6.45, 7) is 0.767. The summed E-state index contributed by atoms with van der Waals surface area (Å²) in [7, 11) is -0.146. The summed E-state index contributed by atoms with van der Waals surface area (Å²) in [4.78, 5) is 20.7. The minimum atomic E-state index is -3.98. The molecule has 8 nitrogen and oxygen atoms in total. The van der Waals surface area contributed by atoms with E-state index in [0.29, 0.717) is 22.6 Å². The molecule has 1 saturated heterocycles. The second-order valence-electron chi connectivity index (χ2n) is 9.19. The first-order valence-corrected chi connectivity index (χ1v) is 13.5. The number of halogens is 2. The van der Waals surface area contributed by atoms with E-state index >= 15 is 4.39 Å². The van der Waals surface area contributed by atoms with Crippen molar-refractivity contribution in [1.29, 1.82) is 0 Å². The molecular formula is C26H25ClFN5O3S. The maximum absolute atomic E-state index is 15.2. The third kappa shape index (κ3) is 5.10. The molecule has 1 atom stereocenters. The Morgan fingerprint density at radius 3 is 2.62 bits per heavy atom. The van der Waals surface area contributed by atoms with Crippen LogP contribution in [0.2, 0.25) is 5.02 Å². The lowest BCUT2D eigenvalue weighted by molar-refractivity contribution is -0.118. The van der Waals surface area contributed by atoms with Crippen LogP contribution in [0, 0.1) is 5.82 Å². The van der Waals surface area contributed by atoms with E-state index in [-0.39, 0.29) is 23.5 Å². The highest BCUT2D eigenvalue weighted by Gasteiger charge is 2.36. The number of anilines is 1. The number of aromatic nitrogens is 2. The van der Waals surface area contributed by atoms with Crippen LogP contribution in [0.3, 0.4) is 0 Å². The molecule has 37 heavy (non-hydrogen) atoms. The summed E-state index contributed by atoms with van der Waals surface area (Å²) in [5.74, 6) is -0.327. The van der Waals surface area contributed by atoms with Crippen LogP contribution in [-0.2, 0) is 21.4 Å². The number of nitrogens with zero attached hydrogens (tertiary/aromatic N) is 4. The summed E-state index contributed by atoms with van der Waals surface area (Å²) >= 11 is 6.01. The number of amides is 1. The molecule has 1 fully saturated rings. The van der Waals surface area contributed by atoms with Crippen LogP contribution in [0.5, 0.6) is 0 Å². The van der Waals surface area contributed by atoms with E-state index in [4.69, 9.17) is 11.6 Å². The van der Waals surface area contributed by atoms with Crippen LogP contribution in [0.4, 0.5) is 10.1 Å². The van der Waals surface area contributed by atoms with E-state index in [1.165, 1.54) is 29.2 Å². The summed E-state index contributed by atoms with van der Waals surface area (Å²) in [5.41, 5.74) is 0.685. The molecule has 0 bridgehead atoms. The lowest BCUT2D eigenvalue weighted by atomic mass is 10.1. The van der Waals surface area contributed by atoms with Crippen molar-refractivity contribution in [1.82, 2.24) is 19.2 Å². The Morgan fingerprint density at radius 1 is 1.11 bits per heavy atom. The zero-order valence-electron chi connectivity index (χ0n) is 20.2. The second-order valence-corrected chi connectivity index (χ2v) is 11.3. The van der Waals surface area contributed by atoms with Crippen LogP contribution in [0.25, 0.3) is 16.5 Å². The zero-order valence-corrected chi connectivity index (χ0v) is 21.8. The highest BCUT2D eigenvalue weighted by atomic mass is 35.5. The predicted molar refractivity (Wildman–Crippen MR) is 141 cm³/mol. The molecule has 1 amide bonds. The normalized spacial score (nSPS) is 16.3.